The zero-order valence-electron chi connectivity index (χ0n) is 17.1. The topological polar surface area (TPSA) is 17.1 Å². The highest BCUT2D eigenvalue weighted by Crippen LogP contribution is 2.35. The van der Waals surface area contributed by atoms with Gasteiger partial charge in [-0.05, 0) is 42.2 Å². The van der Waals surface area contributed by atoms with Crippen LogP contribution < -0.4 is 0 Å². The van der Waals surface area contributed by atoms with Crippen LogP contribution in [-0.2, 0) is 0 Å². The number of hydrogen-bond donors (Lipinski definition) is 0. The maximum atomic E-state index is 13.7. The molecule has 0 atom stereocenters. The van der Waals surface area contributed by atoms with Gasteiger partial charge in [0, 0.05) is 22.3 Å². The quantitative estimate of drug-likeness (QED) is 0.263. The molecule has 1 nitrogen and oxygen atoms in total. The fourth-order valence-electron chi connectivity index (χ4n) is 3.76. The zero-order chi connectivity index (χ0) is 21.1. The third-order valence-corrected chi connectivity index (χ3v) is 5.91. The lowest BCUT2D eigenvalue weighted by molar-refractivity contribution is 0.103. The van der Waals surface area contributed by atoms with Crippen LogP contribution in [0.3, 0.4) is 0 Å². The summed E-state index contributed by atoms with van der Waals surface area (Å²) < 4.78 is 0. The van der Waals surface area contributed by atoms with Crippen LogP contribution in [0.2, 0.25) is 0 Å². The lowest BCUT2D eigenvalue weighted by Gasteiger charge is -2.20. The van der Waals surface area contributed by atoms with Crippen molar-refractivity contribution in [3.05, 3.63) is 130 Å². The molecule has 4 aromatic carbocycles. The number of benzene rings is 4. The average Bonchev–Trinajstić information content (AvgIpc) is 2.81. The minimum atomic E-state index is 0.0211. The normalized spacial score (nSPS) is 10.6. The number of hydrogen-bond acceptors (Lipinski definition) is 2. The Balaban J connectivity index is 2.03. The second-order valence-corrected chi connectivity index (χ2v) is 7.78. The second kappa shape index (κ2) is 8.56. The van der Waals surface area contributed by atoms with Gasteiger partial charge in [0.2, 0.25) is 0 Å². The third-order valence-electron chi connectivity index (χ3n) is 5.45. The summed E-state index contributed by atoms with van der Waals surface area (Å²) in [7, 11) is 0. The van der Waals surface area contributed by atoms with E-state index in [0.717, 1.165) is 43.8 Å². The molecule has 0 spiro atoms. The molecule has 0 heterocycles. The van der Waals surface area contributed by atoms with Gasteiger partial charge in [0.15, 0.2) is 5.78 Å². The molecule has 2 heteroatoms. The number of carbonyl (C=O) groups excluding carboxylic acids is 1. The minimum absolute atomic E-state index is 0.0211. The summed E-state index contributed by atoms with van der Waals surface area (Å²) in [6, 6.07) is 31.6. The molecule has 0 saturated heterocycles. The molecule has 0 fully saturated rings. The van der Waals surface area contributed by atoms with E-state index in [1.54, 1.807) is 0 Å². The smallest absolute Gasteiger partial charge is 0.193 e. The van der Waals surface area contributed by atoms with Crippen molar-refractivity contribution >= 4 is 22.9 Å². The zero-order valence-corrected chi connectivity index (χ0v) is 17.9. The Bertz CT molecular complexity index is 1210. The predicted octanol–water partition coefficient (Wildman–Crippen LogP) is 6.97. The summed E-state index contributed by atoms with van der Waals surface area (Å²) in [5.41, 5.74) is 7.25. The Labute approximate surface area is 183 Å². The van der Waals surface area contributed by atoms with Crippen molar-refractivity contribution in [2.75, 3.05) is 0 Å². The van der Waals surface area contributed by atoms with Crippen LogP contribution in [-0.4, -0.2) is 10.6 Å². The van der Waals surface area contributed by atoms with Crippen LogP contribution in [0.4, 0.5) is 0 Å². The fourth-order valence-corrected chi connectivity index (χ4v) is 4.06. The van der Waals surface area contributed by atoms with E-state index in [9.17, 15) is 4.79 Å². The minimum Gasteiger partial charge on any atom is -0.289 e. The average molecular weight is 407 g/mol. The molecule has 0 amide bonds. The van der Waals surface area contributed by atoms with E-state index in [1.807, 2.05) is 105 Å². The van der Waals surface area contributed by atoms with Crippen molar-refractivity contribution in [1.29, 1.82) is 0 Å². The lowest BCUT2D eigenvalue weighted by atomic mass is 9.83. The van der Waals surface area contributed by atoms with Crippen molar-refractivity contribution < 1.29 is 4.79 Å². The number of ketones is 1. The van der Waals surface area contributed by atoms with Crippen LogP contribution in [0.15, 0.2) is 97.1 Å². The van der Waals surface area contributed by atoms with E-state index in [0.29, 0.717) is 5.56 Å². The summed E-state index contributed by atoms with van der Waals surface area (Å²) in [5.74, 6) is 0.0211. The molecular weight excluding hydrogens is 384 g/mol. The highest BCUT2D eigenvalue weighted by atomic mass is 32.1. The molecule has 0 N–H and O–H groups in total. The van der Waals surface area contributed by atoms with E-state index in [1.165, 1.54) is 0 Å². The Morgan fingerprint density at radius 3 is 1.77 bits per heavy atom. The summed E-state index contributed by atoms with van der Waals surface area (Å²) in [6.07, 6.45) is 0. The summed E-state index contributed by atoms with van der Waals surface area (Å²) >= 11 is 5.93. The van der Waals surface area contributed by atoms with Crippen LogP contribution in [0.1, 0.15) is 38.2 Å². The fraction of sp³-hybridized carbons (Fsp3) is 0.0714. The van der Waals surface area contributed by atoms with Gasteiger partial charge in [-0.2, -0.15) is 0 Å². The van der Waals surface area contributed by atoms with Gasteiger partial charge in [0.1, 0.15) is 0 Å². The summed E-state index contributed by atoms with van der Waals surface area (Å²) in [5, 5.41) is 0. The monoisotopic (exact) mass is 406 g/mol. The number of carbonyl (C=O) groups is 1. The second-order valence-electron chi connectivity index (χ2n) is 7.37. The largest absolute Gasteiger partial charge is 0.289 e. The molecule has 0 aliphatic carbocycles. The molecule has 0 saturated carbocycles. The molecule has 30 heavy (non-hydrogen) atoms. The van der Waals surface area contributed by atoms with Crippen molar-refractivity contribution in [2.45, 2.75) is 13.8 Å². The van der Waals surface area contributed by atoms with Crippen LogP contribution in [0.25, 0.3) is 11.1 Å². The molecule has 0 aromatic heterocycles. The van der Waals surface area contributed by atoms with Gasteiger partial charge in [-0.3, -0.25) is 4.79 Å². The Morgan fingerprint density at radius 2 is 1.20 bits per heavy atom. The molecule has 4 rings (SSSR count). The molecule has 0 unspecified atom stereocenters. The molecule has 0 bridgehead atoms. The third kappa shape index (κ3) is 3.74. The van der Waals surface area contributed by atoms with Gasteiger partial charge in [-0.1, -0.05) is 103 Å². The predicted molar refractivity (Wildman–Crippen MR) is 128 cm³/mol. The van der Waals surface area contributed by atoms with Crippen molar-refractivity contribution in [2.24, 2.45) is 0 Å². The van der Waals surface area contributed by atoms with Gasteiger partial charge < -0.3 is 0 Å². The standard InChI is InChI=1S/C28H22OS/c1-19-18-24(28(30)23-16-10-5-11-17-23)26(21-12-6-3-7-13-21)25(20(19)2)27(29)22-14-8-4-9-15-22/h3-18H,1-2H3. The van der Waals surface area contributed by atoms with Gasteiger partial charge in [-0.25, -0.2) is 0 Å². The highest BCUT2D eigenvalue weighted by Gasteiger charge is 2.24. The lowest BCUT2D eigenvalue weighted by Crippen LogP contribution is -2.12. The SMILES string of the molecule is Cc1cc(C(=S)c2ccccc2)c(-c2ccccc2)c(C(=O)c2ccccc2)c1C. The Kier molecular flexibility index (Phi) is 5.69. The van der Waals surface area contributed by atoms with E-state index < -0.39 is 0 Å². The van der Waals surface area contributed by atoms with E-state index in [-0.39, 0.29) is 5.78 Å². The molecule has 146 valence electrons. The van der Waals surface area contributed by atoms with Crippen molar-refractivity contribution in [1.82, 2.24) is 0 Å². The molecule has 0 aliphatic rings. The van der Waals surface area contributed by atoms with Gasteiger partial charge in [0.05, 0.1) is 4.86 Å². The first-order chi connectivity index (χ1) is 14.6. The van der Waals surface area contributed by atoms with E-state index >= 15 is 0 Å². The molecule has 0 aliphatic heterocycles. The molecule has 0 radical (unpaired) electrons. The summed E-state index contributed by atoms with van der Waals surface area (Å²) in [4.78, 5) is 14.4. The van der Waals surface area contributed by atoms with E-state index in [2.05, 4.69) is 6.07 Å². The number of thiocarbonyl (C=S) groups is 1. The van der Waals surface area contributed by atoms with E-state index in [4.69, 9.17) is 12.2 Å². The number of aryl methyl sites for hydroxylation is 1. The first kappa shape index (κ1) is 19.9. The van der Waals surface area contributed by atoms with Gasteiger partial charge in [-0.15, -0.1) is 0 Å². The van der Waals surface area contributed by atoms with Gasteiger partial charge >= 0.3 is 0 Å². The van der Waals surface area contributed by atoms with Crippen molar-refractivity contribution in [3.8, 4) is 11.1 Å². The molecule has 4 aromatic rings. The maximum absolute atomic E-state index is 13.7. The van der Waals surface area contributed by atoms with Crippen LogP contribution >= 0.6 is 12.2 Å². The number of rotatable bonds is 5. The van der Waals surface area contributed by atoms with Crippen molar-refractivity contribution in [3.63, 3.8) is 0 Å². The molecular formula is C28H22OS. The maximum Gasteiger partial charge on any atom is 0.193 e. The Hall–Kier alpha value is -3.36. The van der Waals surface area contributed by atoms with Gasteiger partial charge in [0.25, 0.3) is 0 Å². The highest BCUT2D eigenvalue weighted by molar-refractivity contribution is 7.81. The van der Waals surface area contributed by atoms with Crippen LogP contribution in [0, 0.1) is 13.8 Å². The summed E-state index contributed by atoms with van der Waals surface area (Å²) in [6.45, 7) is 4.07. The first-order valence-electron chi connectivity index (χ1n) is 9.97. The van der Waals surface area contributed by atoms with Crippen LogP contribution in [0.5, 0.6) is 0 Å². The first-order valence-corrected chi connectivity index (χ1v) is 10.4. The Morgan fingerprint density at radius 1 is 0.700 bits per heavy atom.